The first-order valence-electron chi connectivity index (χ1n) is 7.23. The molecule has 0 saturated carbocycles. The Bertz CT molecular complexity index is 646. The van der Waals surface area contributed by atoms with Crippen LogP contribution in [-0.2, 0) is 14.3 Å². The third-order valence-corrected chi connectivity index (χ3v) is 3.00. The van der Waals surface area contributed by atoms with E-state index >= 15 is 0 Å². The second-order valence-electron chi connectivity index (χ2n) is 4.74. The Morgan fingerprint density at radius 2 is 1.75 bits per heavy atom. The van der Waals surface area contributed by atoms with E-state index in [4.69, 9.17) is 9.47 Å². The molecule has 0 amide bonds. The van der Waals surface area contributed by atoms with Crippen molar-refractivity contribution in [3.8, 4) is 5.75 Å². The molecule has 1 unspecified atom stereocenters. The summed E-state index contributed by atoms with van der Waals surface area (Å²) in [7, 11) is 0. The van der Waals surface area contributed by atoms with Crippen LogP contribution < -0.4 is 0 Å². The van der Waals surface area contributed by atoms with Gasteiger partial charge in [-0.15, -0.1) is 0 Å². The summed E-state index contributed by atoms with van der Waals surface area (Å²) in [6.45, 7) is 2.28. The maximum atomic E-state index is 11.7. The number of aromatic hydroxyl groups is 1. The van der Waals surface area contributed by atoms with Crippen LogP contribution in [0, 0.1) is 0 Å². The average molecular weight is 336 g/mol. The van der Waals surface area contributed by atoms with E-state index in [0.29, 0.717) is 0 Å². The molecular formula is C17H20O7. The number of carbonyl (C=O) groups is 2. The van der Waals surface area contributed by atoms with Gasteiger partial charge in [0.1, 0.15) is 36.4 Å². The summed E-state index contributed by atoms with van der Waals surface area (Å²) in [6.07, 6.45) is 1.47. The molecule has 3 N–H and O–H groups in total. The van der Waals surface area contributed by atoms with Crippen LogP contribution in [0.1, 0.15) is 24.2 Å². The number of para-hydroxylation sites is 1. The average Bonchev–Trinajstić information content (AvgIpc) is 2.58. The van der Waals surface area contributed by atoms with Gasteiger partial charge in [0.15, 0.2) is 0 Å². The minimum absolute atomic E-state index is 0.0316. The summed E-state index contributed by atoms with van der Waals surface area (Å²) >= 11 is 0. The molecule has 0 saturated heterocycles. The number of carbonyl (C=O) groups excluding carboxylic acids is 2. The van der Waals surface area contributed by atoms with Gasteiger partial charge in [-0.1, -0.05) is 18.2 Å². The summed E-state index contributed by atoms with van der Waals surface area (Å²) in [5.74, 6) is -2.08. The van der Waals surface area contributed by atoms with Crippen LogP contribution in [0.3, 0.4) is 0 Å². The van der Waals surface area contributed by atoms with Crippen molar-refractivity contribution in [1.29, 1.82) is 0 Å². The molecule has 1 aromatic rings. The zero-order valence-electron chi connectivity index (χ0n) is 13.4. The first-order chi connectivity index (χ1) is 11.4. The fourth-order valence-electron chi connectivity index (χ4n) is 1.72. The Kier molecular flexibility index (Phi) is 7.51. The number of aliphatic hydroxyl groups is 2. The number of allylic oxidation sites excluding steroid dienone is 2. The number of phenolic OH excluding ortho intramolecular Hbond substituents is 1. The van der Waals surface area contributed by atoms with E-state index in [0.717, 1.165) is 0 Å². The zero-order chi connectivity index (χ0) is 18.1. The molecule has 0 bridgehead atoms. The molecule has 7 heteroatoms. The first-order valence-corrected chi connectivity index (χ1v) is 7.23. The number of rotatable bonds is 7. The molecule has 1 rings (SSSR count). The first kappa shape index (κ1) is 19.2. The number of ether oxygens (including phenoxy) is 2. The second-order valence-corrected chi connectivity index (χ2v) is 4.74. The van der Waals surface area contributed by atoms with Gasteiger partial charge in [0.05, 0.1) is 5.57 Å². The zero-order valence-corrected chi connectivity index (χ0v) is 13.4. The summed E-state index contributed by atoms with van der Waals surface area (Å²) < 4.78 is 9.69. The van der Waals surface area contributed by atoms with E-state index in [1.807, 2.05) is 0 Å². The Balaban J connectivity index is 2.47. The summed E-state index contributed by atoms with van der Waals surface area (Å²) in [5.41, 5.74) is -0.0631. The molecule has 0 aromatic heterocycles. The van der Waals surface area contributed by atoms with Crippen LogP contribution in [0.25, 0.3) is 0 Å². The normalized spacial score (nSPS) is 13.3. The fraction of sp³-hybridized carbons (Fsp3) is 0.294. The molecule has 24 heavy (non-hydrogen) atoms. The van der Waals surface area contributed by atoms with Gasteiger partial charge in [0.25, 0.3) is 0 Å². The molecule has 0 aliphatic carbocycles. The third-order valence-electron chi connectivity index (χ3n) is 3.00. The highest BCUT2D eigenvalue weighted by molar-refractivity contribution is 5.93. The fourth-order valence-corrected chi connectivity index (χ4v) is 1.72. The quantitative estimate of drug-likeness (QED) is 0.301. The van der Waals surface area contributed by atoms with E-state index in [1.165, 1.54) is 24.3 Å². The highest BCUT2D eigenvalue weighted by Crippen LogP contribution is 2.16. The van der Waals surface area contributed by atoms with Crippen molar-refractivity contribution < 1.29 is 34.4 Å². The van der Waals surface area contributed by atoms with Crippen molar-refractivity contribution in [2.24, 2.45) is 0 Å². The largest absolute Gasteiger partial charge is 0.507 e. The number of benzene rings is 1. The minimum Gasteiger partial charge on any atom is -0.507 e. The number of hydrogen-bond acceptors (Lipinski definition) is 7. The molecule has 0 spiro atoms. The minimum atomic E-state index is -1.24. The summed E-state index contributed by atoms with van der Waals surface area (Å²) in [5, 5.41) is 28.7. The molecule has 1 aromatic carbocycles. The monoisotopic (exact) mass is 336 g/mol. The maximum Gasteiger partial charge on any atom is 0.342 e. The van der Waals surface area contributed by atoms with Crippen LogP contribution in [0.4, 0.5) is 0 Å². The van der Waals surface area contributed by atoms with Crippen LogP contribution in [-0.4, -0.2) is 46.6 Å². The molecule has 0 heterocycles. The van der Waals surface area contributed by atoms with Gasteiger partial charge in [-0.05, 0) is 32.1 Å². The van der Waals surface area contributed by atoms with Crippen LogP contribution in [0.5, 0.6) is 5.75 Å². The Morgan fingerprint density at radius 1 is 1.12 bits per heavy atom. The van der Waals surface area contributed by atoms with E-state index in [9.17, 15) is 24.9 Å². The van der Waals surface area contributed by atoms with Gasteiger partial charge in [-0.2, -0.15) is 0 Å². The SMILES string of the molecule is C/C=C(O)\C(=C/C)C(=O)OCC(O)COC(=O)c1ccccc1O. The lowest BCUT2D eigenvalue weighted by Gasteiger charge is -2.13. The smallest absolute Gasteiger partial charge is 0.342 e. The summed E-state index contributed by atoms with van der Waals surface area (Å²) in [6, 6.07) is 5.82. The number of aliphatic hydroxyl groups excluding tert-OH is 2. The lowest BCUT2D eigenvalue weighted by Crippen LogP contribution is -2.26. The van der Waals surface area contributed by atoms with Gasteiger partial charge in [0, 0.05) is 0 Å². The Labute approximate surface area is 139 Å². The molecule has 0 aliphatic rings. The van der Waals surface area contributed by atoms with Crippen LogP contribution in [0.2, 0.25) is 0 Å². The van der Waals surface area contributed by atoms with Gasteiger partial charge < -0.3 is 24.8 Å². The topological polar surface area (TPSA) is 113 Å². The lowest BCUT2D eigenvalue weighted by molar-refractivity contribution is -0.142. The standard InChI is InChI=1S/C17H20O7/c1-3-12(14(19)4-2)16(21)23-9-11(18)10-24-17(22)13-7-5-6-8-15(13)20/h3-8,11,18-20H,9-10H2,1-2H3/b12-3+,14-4+. The van der Waals surface area contributed by atoms with Crippen molar-refractivity contribution in [2.45, 2.75) is 20.0 Å². The summed E-state index contributed by atoms with van der Waals surface area (Å²) in [4.78, 5) is 23.5. The van der Waals surface area contributed by atoms with E-state index in [1.54, 1.807) is 26.0 Å². The highest BCUT2D eigenvalue weighted by Gasteiger charge is 2.18. The van der Waals surface area contributed by atoms with Crippen molar-refractivity contribution in [1.82, 2.24) is 0 Å². The number of hydrogen-bond donors (Lipinski definition) is 3. The van der Waals surface area contributed by atoms with Crippen molar-refractivity contribution in [2.75, 3.05) is 13.2 Å². The molecule has 7 nitrogen and oxygen atoms in total. The molecular weight excluding hydrogens is 316 g/mol. The molecule has 0 fully saturated rings. The van der Waals surface area contributed by atoms with Crippen molar-refractivity contribution in [3.63, 3.8) is 0 Å². The number of esters is 2. The van der Waals surface area contributed by atoms with Crippen molar-refractivity contribution in [3.05, 3.63) is 53.3 Å². The molecule has 0 radical (unpaired) electrons. The second kappa shape index (κ2) is 9.36. The predicted octanol–water partition coefficient (Wildman–Crippen LogP) is 1.86. The molecule has 0 aliphatic heterocycles. The van der Waals surface area contributed by atoms with Crippen molar-refractivity contribution >= 4 is 11.9 Å². The van der Waals surface area contributed by atoms with Crippen LogP contribution >= 0.6 is 0 Å². The van der Waals surface area contributed by atoms with E-state index in [2.05, 4.69) is 0 Å². The Morgan fingerprint density at radius 3 is 2.33 bits per heavy atom. The Hall–Kier alpha value is -2.80. The van der Waals surface area contributed by atoms with Gasteiger partial charge in [-0.3, -0.25) is 0 Å². The van der Waals surface area contributed by atoms with E-state index in [-0.39, 0.29) is 22.6 Å². The predicted molar refractivity (Wildman–Crippen MR) is 85.5 cm³/mol. The lowest BCUT2D eigenvalue weighted by atomic mass is 10.2. The van der Waals surface area contributed by atoms with Gasteiger partial charge in [-0.25, -0.2) is 9.59 Å². The number of phenols is 1. The van der Waals surface area contributed by atoms with Gasteiger partial charge in [0.2, 0.25) is 0 Å². The molecule has 130 valence electrons. The van der Waals surface area contributed by atoms with Crippen LogP contribution in [0.15, 0.2) is 47.7 Å². The molecule has 1 atom stereocenters. The third kappa shape index (κ3) is 5.44. The maximum absolute atomic E-state index is 11.7. The highest BCUT2D eigenvalue weighted by atomic mass is 16.6. The van der Waals surface area contributed by atoms with Gasteiger partial charge >= 0.3 is 11.9 Å². The van der Waals surface area contributed by atoms with E-state index < -0.39 is 31.3 Å².